The van der Waals surface area contributed by atoms with Crippen molar-refractivity contribution in [2.75, 3.05) is 0 Å². The first-order chi connectivity index (χ1) is 6.66. The van der Waals surface area contributed by atoms with Gasteiger partial charge in [-0.3, -0.25) is 0 Å². The topological polar surface area (TPSA) is 52.0 Å². The van der Waals surface area contributed by atoms with E-state index in [0.717, 1.165) is 17.4 Å². The van der Waals surface area contributed by atoms with E-state index < -0.39 is 0 Å². The van der Waals surface area contributed by atoms with E-state index in [9.17, 15) is 0 Å². The molecule has 0 bridgehead atoms. The van der Waals surface area contributed by atoms with E-state index in [0.29, 0.717) is 10.7 Å². The fourth-order valence-corrected chi connectivity index (χ4v) is 1.64. The van der Waals surface area contributed by atoms with Crippen LogP contribution in [0, 0.1) is 0 Å². The van der Waals surface area contributed by atoms with Gasteiger partial charge in [-0.25, -0.2) is 0 Å². The molecule has 1 aromatic carbocycles. The Kier molecular flexibility index (Phi) is 2.44. The Morgan fingerprint density at radius 2 is 2.36 bits per heavy atom. The van der Waals surface area contributed by atoms with Gasteiger partial charge in [0.15, 0.2) is 10.7 Å². The van der Waals surface area contributed by atoms with Crippen LogP contribution in [0.3, 0.4) is 0 Å². The van der Waals surface area contributed by atoms with E-state index in [4.69, 9.17) is 21.9 Å². The number of fused-ring (bicyclic) bond motifs is 1. The van der Waals surface area contributed by atoms with Crippen LogP contribution in [0.15, 0.2) is 22.7 Å². The quantitative estimate of drug-likeness (QED) is 0.828. The molecule has 2 rings (SSSR count). The van der Waals surface area contributed by atoms with E-state index in [-0.39, 0.29) is 6.04 Å². The smallest absolute Gasteiger partial charge is 0.179 e. The van der Waals surface area contributed by atoms with E-state index >= 15 is 0 Å². The molecule has 0 amide bonds. The summed E-state index contributed by atoms with van der Waals surface area (Å²) >= 11 is 5.80. The Morgan fingerprint density at radius 1 is 1.57 bits per heavy atom. The molecule has 0 aliphatic carbocycles. The summed E-state index contributed by atoms with van der Waals surface area (Å²) in [5.41, 5.74) is 7.56. The number of nitrogens with zero attached hydrogens (tertiary/aromatic N) is 1. The molecule has 14 heavy (non-hydrogen) atoms. The Morgan fingerprint density at radius 3 is 3.07 bits per heavy atom. The zero-order valence-corrected chi connectivity index (χ0v) is 8.58. The second kappa shape index (κ2) is 3.59. The van der Waals surface area contributed by atoms with Gasteiger partial charge in [0.2, 0.25) is 0 Å². The molecule has 74 valence electrons. The van der Waals surface area contributed by atoms with Gasteiger partial charge in [0.25, 0.3) is 0 Å². The lowest BCUT2D eigenvalue weighted by molar-refractivity contribution is 0.456. The van der Waals surface area contributed by atoms with Gasteiger partial charge in [-0.15, -0.1) is 0 Å². The number of aromatic nitrogens is 1. The molecule has 3 nitrogen and oxygen atoms in total. The van der Waals surface area contributed by atoms with Gasteiger partial charge < -0.3 is 10.3 Å². The Bertz CT molecular complexity index is 450. The lowest BCUT2D eigenvalue weighted by Gasteiger charge is -2.03. The third kappa shape index (κ3) is 1.74. The zero-order valence-electron chi connectivity index (χ0n) is 7.83. The van der Waals surface area contributed by atoms with Crippen molar-refractivity contribution in [1.29, 1.82) is 0 Å². The van der Waals surface area contributed by atoms with Crippen LogP contribution in [0.4, 0.5) is 0 Å². The van der Waals surface area contributed by atoms with Crippen LogP contribution in [0.25, 0.3) is 11.0 Å². The molecule has 4 heteroatoms. The lowest BCUT2D eigenvalue weighted by atomic mass is 10.1. The minimum absolute atomic E-state index is 0.144. The molecule has 0 saturated carbocycles. The van der Waals surface area contributed by atoms with Crippen molar-refractivity contribution in [1.82, 2.24) is 5.16 Å². The minimum atomic E-state index is 0.144. The molecule has 0 spiro atoms. The number of nitrogens with two attached hydrogens (primary N) is 1. The molecule has 2 N–H and O–H groups in total. The van der Waals surface area contributed by atoms with Gasteiger partial charge >= 0.3 is 0 Å². The van der Waals surface area contributed by atoms with Crippen LogP contribution < -0.4 is 5.73 Å². The predicted octanol–water partition coefficient (Wildman–Crippen LogP) is 2.37. The second-order valence-corrected chi connectivity index (χ2v) is 3.84. The highest BCUT2D eigenvalue weighted by Gasteiger charge is 2.06. The SMILES string of the molecule is CC(N)Cc1ccc2c(Cl)noc2c1. The summed E-state index contributed by atoms with van der Waals surface area (Å²) in [7, 11) is 0. The highest BCUT2D eigenvalue weighted by molar-refractivity contribution is 6.34. The molecule has 2 aromatic rings. The van der Waals surface area contributed by atoms with Crippen molar-refractivity contribution in [2.45, 2.75) is 19.4 Å². The molecule has 0 fully saturated rings. The first kappa shape index (κ1) is 9.49. The number of hydrogen-bond donors (Lipinski definition) is 1. The van der Waals surface area contributed by atoms with Crippen molar-refractivity contribution in [2.24, 2.45) is 5.73 Å². The summed E-state index contributed by atoms with van der Waals surface area (Å²) in [5.74, 6) is 0. The molecule has 0 aliphatic rings. The minimum Gasteiger partial charge on any atom is -0.355 e. The molecule has 1 heterocycles. The maximum atomic E-state index is 5.80. The van der Waals surface area contributed by atoms with E-state index in [2.05, 4.69) is 5.16 Å². The van der Waals surface area contributed by atoms with Crippen molar-refractivity contribution < 1.29 is 4.52 Å². The van der Waals surface area contributed by atoms with E-state index in [1.165, 1.54) is 0 Å². The van der Waals surface area contributed by atoms with Gasteiger partial charge in [0.05, 0.1) is 5.39 Å². The standard InChI is InChI=1S/C10H11ClN2O/c1-6(12)4-7-2-3-8-9(5-7)14-13-10(8)11/h2-3,5-6H,4,12H2,1H3. The molecule has 0 saturated heterocycles. The highest BCUT2D eigenvalue weighted by Crippen LogP contribution is 2.23. The Hall–Kier alpha value is -1.06. The van der Waals surface area contributed by atoms with Gasteiger partial charge in [-0.2, -0.15) is 0 Å². The summed E-state index contributed by atoms with van der Waals surface area (Å²) < 4.78 is 5.05. The third-order valence-corrected chi connectivity index (χ3v) is 2.32. The van der Waals surface area contributed by atoms with Gasteiger partial charge in [0.1, 0.15) is 0 Å². The lowest BCUT2D eigenvalue weighted by Crippen LogP contribution is -2.17. The van der Waals surface area contributed by atoms with Crippen molar-refractivity contribution >= 4 is 22.6 Å². The third-order valence-electron chi connectivity index (χ3n) is 2.05. The summed E-state index contributed by atoms with van der Waals surface area (Å²) in [6, 6.07) is 5.98. The van der Waals surface area contributed by atoms with Crippen LogP contribution in [0.1, 0.15) is 12.5 Å². The number of rotatable bonds is 2. The van der Waals surface area contributed by atoms with Crippen molar-refractivity contribution in [3.63, 3.8) is 0 Å². The normalized spacial score (nSPS) is 13.4. The van der Waals surface area contributed by atoms with Crippen LogP contribution in [-0.4, -0.2) is 11.2 Å². The molecular formula is C10H11ClN2O. The predicted molar refractivity (Wildman–Crippen MR) is 56.4 cm³/mol. The summed E-state index contributed by atoms with van der Waals surface area (Å²) in [5, 5.41) is 4.93. The average molecular weight is 211 g/mol. The van der Waals surface area contributed by atoms with Gasteiger partial charge in [-0.1, -0.05) is 22.8 Å². The van der Waals surface area contributed by atoms with Crippen LogP contribution in [0.2, 0.25) is 5.15 Å². The molecule has 1 unspecified atom stereocenters. The fourth-order valence-electron chi connectivity index (χ4n) is 1.45. The Labute approximate surface area is 86.8 Å². The van der Waals surface area contributed by atoms with Gasteiger partial charge in [-0.05, 0) is 31.0 Å². The Balaban J connectivity index is 2.42. The van der Waals surface area contributed by atoms with Crippen LogP contribution in [0.5, 0.6) is 0 Å². The van der Waals surface area contributed by atoms with Crippen LogP contribution >= 0.6 is 11.6 Å². The average Bonchev–Trinajstić information content (AvgIpc) is 2.46. The van der Waals surface area contributed by atoms with E-state index in [1.807, 2.05) is 25.1 Å². The summed E-state index contributed by atoms with van der Waals surface area (Å²) in [4.78, 5) is 0. The van der Waals surface area contributed by atoms with Crippen LogP contribution in [-0.2, 0) is 6.42 Å². The molecular weight excluding hydrogens is 200 g/mol. The van der Waals surface area contributed by atoms with Crippen molar-refractivity contribution in [3.05, 3.63) is 28.9 Å². The maximum absolute atomic E-state index is 5.80. The number of halogens is 1. The molecule has 0 radical (unpaired) electrons. The first-order valence-electron chi connectivity index (χ1n) is 4.46. The summed E-state index contributed by atoms with van der Waals surface area (Å²) in [6.45, 7) is 1.97. The highest BCUT2D eigenvalue weighted by atomic mass is 35.5. The fraction of sp³-hybridized carbons (Fsp3) is 0.300. The van der Waals surface area contributed by atoms with Crippen molar-refractivity contribution in [3.8, 4) is 0 Å². The first-order valence-corrected chi connectivity index (χ1v) is 4.84. The largest absolute Gasteiger partial charge is 0.355 e. The van der Waals surface area contributed by atoms with E-state index in [1.54, 1.807) is 0 Å². The maximum Gasteiger partial charge on any atom is 0.179 e. The second-order valence-electron chi connectivity index (χ2n) is 3.49. The number of hydrogen-bond acceptors (Lipinski definition) is 3. The molecule has 1 atom stereocenters. The number of benzene rings is 1. The van der Waals surface area contributed by atoms with Gasteiger partial charge in [0, 0.05) is 6.04 Å². The zero-order chi connectivity index (χ0) is 10.1. The summed E-state index contributed by atoms with van der Waals surface area (Å²) in [6.07, 6.45) is 0.828. The molecule has 0 aliphatic heterocycles. The monoisotopic (exact) mass is 210 g/mol. The molecule has 1 aromatic heterocycles.